The Morgan fingerprint density at radius 3 is 2.48 bits per heavy atom. The van der Waals surface area contributed by atoms with Crippen LogP contribution in [0.5, 0.6) is 5.75 Å². The molecule has 0 aliphatic heterocycles. The summed E-state index contributed by atoms with van der Waals surface area (Å²) in [5.74, 6) is 0.473. The van der Waals surface area contributed by atoms with Crippen molar-refractivity contribution in [1.82, 2.24) is 14.5 Å². The number of carbonyl (C=O) groups is 1. The number of methoxy groups -OCH3 is 1. The van der Waals surface area contributed by atoms with E-state index in [4.69, 9.17) is 14.7 Å². The van der Waals surface area contributed by atoms with Crippen LogP contribution in [0.3, 0.4) is 0 Å². The molecule has 0 fully saturated rings. The number of anilines is 1. The molecule has 33 heavy (non-hydrogen) atoms. The summed E-state index contributed by atoms with van der Waals surface area (Å²) >= 11 is 3.39. The van der Waals surface area contributed by atoms with Crippen LogP contribution in [0.1, 0.15) is 15.9 Å². The van der Waals surface area contributed by atoms with Crippen LogP contribution in [0.2, 0.25) is 0 Å². The Balaban J connectivity index is 1.82. The number of rotatable bonds is 4. The van der Waals surface area contributed by atoms with Crippen molar-refractivity contribution in [2.75, 3.05) is 12.4 Å². The van der Waals surface area contributed by atoms with Crippen molar-refractivity contribution in [3.63, 3.8) is 0 Å². The largest absolute Gasteiger partial charge is 0.495 e. The maximum absolute atomic E-state index is 13.2. The second-order valence-corrected chi connectivity index (χ2v) is 8.11. The molecule has 0 radical (unpaired) electrons. The lowest BCUT2D eigenvalue weighted by molar-refractivity contribution is 0.102. The summed E-state index contributed by atoms with van der Waals surface area (Å²) in [6.45, 7) is 0. The summed E-state index contributed by atoms with van der Waals surface area (Å²) in [5, 5.41) is 13.0. The van der Waals surface area contributed by atoms with Crippen LogP contribution in [0, 0.1) is 11.3 Å². The fourth-order valence-electron chi connectivity index (χ4n) is 3.73. The van der Waals surface area contributed by atoms with E-state index in [1.165, 1.54) is 0 Å². The molecule has 0 unspecified atom stereocenters. The highest BCUT2D eigenvalue weighted by Gasteiger charge is 2.25. The van der Waals surface area contributed by atoms with Crippen LogP contribution in [-0.2, 0) is 0 Å². The summed E-state index contributed by atoms with van der Waals surface area (Å²) < 4.78 is 8.05. The van der Waals surface area contributed by atoms with E-state index in [0.29, 0.717) is 39.2 Å². The summed E-state index contributed by atoms with van der Waals surface area (Å²) in [7, 11) is 1.57. The van der Waals surface area contributed by atoms with Gasteiger partial charge in [-0.25, -0.2) is 9.97 Å². The number of hydrogen-bond acceptors (Lipinski definition) is 5. The zero-order valence-electron chi connectivity index (χ0n) is 17.4. The van der Waals surface area contributed by atoms with Gasteiger partial charge in [0, 0.05) is 10.0 Å². The molecule has 0 saturated heterocycles. The molecule has 0 aliphatic carbocycles. The number of amides is 1. The van der Waals surface area contributed by atoms with Gasteiger partial charge in [-0.3, -0.25) is 9.36 Å². The molecule has 160 valence electrons. The third-order valence-electron chi connectivity index (χ3n) is 5.22. The monoisotopic (exact) mass is 497 g/mol. The molecule has 0 aliphatic rings. The zero-order valence-corrected chi connectivity index (χ0v) is 19.0. The number of nitriles is 1. The lowest BCUT2D eigenvalue weighted by Gasteiger charge is -2.15. The topological polar surface area (TPSA) is 92.8 Å². The van der Waals surface area contributed by atoms with Crippen LogP contribution in [-0.4, -0.2) is 27.6 Å². The molecule has 8 heteroatoms. The van der Waals surface area contributed by atoms with Crippen molar-refractivity contribution >= 4 is 49.9 Å². The van der Waals surface area contributed by atoms with Crippen LogP contribution < -0.4 is 10.1 Å². The van der Waals surface area contributed by atoms with Gasteiger partial charge in [-0.2, -0.15) is 5.26 Å². The molecule has 0 spiro atoms. The van der Waals surface area contributed by atoms with Gasteiger partial charge in [0.15, 0.2) is 5.65 Å². The van der Waals surface area contributed by atoms with Gasteiger partial charge in [-0.05, 0) is 42.5 Å². The molecule has 1 amide bonds. The molecule has 2 aromatic heterocycles. The van der Waals surface area contributed by atoms with Gasteiger partial charge in [0.25, 0.3) is 5.91 Å². The first kappa shape index (κ1) is 20.7. The number of ether oxygens (including phenoxy) is 1. The molecular formula is C25H16BrN5O2. The normalized spacial score (nSPS) is 10.8. The highest BCUT2D eigenvalue weighted by molar-refractivity contribution is 9.10. The van der Waals surface area contributed by atoms with Gasteiger partial charge in [0.05, 0.1) is 23.8 Å². The van der Waals surface area contributed by atoms with Crippen molar-refractivity contribution in [3.05, 3.63) is 88.4 Å². The summed E-state index contributed by atoms with van der Waals surface area (Å²) in [6.07, 6.45) is 0. The van der Waals surface area contributed by atoms with Crippen molar-refractivity contribution in [3.8, 4) is 17.5 Å². The first-order valence-electron chi connectivity index (χ1n) is 10.0. The minimum atomic E-state index is -0.365. The molecule has 5 aromatic rings. The third-order valence-corrected chi connectivity index (χ3v) is 5.71. The smallest absolute Gasteiger partial charge is 0.256 e. The molecule has 7 nitrogen and oxygen atoms in total. The fourth-order valence-corrected chi connectivity index (χ4v) is 4.13. The lowest BCUT2D eigenvalue weighted by atomic mass is 10.2. The zero-order chi connectivity index (χ0) is 22.9. The quantitative estimate of drug-likeness (QED) is 0.355. The average molecular weight is 498 g/mol. The Bertz CT molecular complexity index is 1590. The SMILES string of the molecule is COc1ccccc1-n1c(NC(=O)c2cccc(Br)c2)c(C#N)c2nc3ccccc3nc21. The van der Waals surface area contributed by atoms with E-state index in [0.717, 1.165) is 4.47 Å². The van der Waals surface area contributed by atoms with E-state index in [1.807, 2.05) is 54.6 Å². The lowest BCUT2D eigenvalue weighted by Crippen LogP contribution is -2.16. The van der Waals surface area contributed by atoms with Gasteiger partial charge in [0.2, 0.25) is 0 Å². The summed E-state index contributed by atoms with van der Waals surface area (Å²) in [5.41, 5.74) is 3.46. The van der Waals surface area contributed by atoms with E-state index in [-0.39, 0.29) is 17.3 Å². The average Bonchev–Trinajstić information content (AvgIpc) is 3.13. The van der Waals surface area contributed by atoms with E-state index in [9.17, 15) is 10.1 Å². The Hall–Kier alpha value is -4.22. The maximum Gasteiger partial charge on any atom is 0.256 e. The van der Waals surface area contributed by atoms with Crippen molar-refractivity contribution in [2.24, 2.45) is 0 Å². The van der Waals surface area contributed by atoms with Gasteiger partial charge >= 0.3 is 0 Å². The van der Waals surface area contributed by atoms with E-state index in [2.05, 4.69) is 27.3 Å². The predicted molar refractivity (Wildman–Crippen MR) is 130 cm³/mol. The predicted octanol–water partition coefficient (Wildman–Crippen LogP) is 5.47. The Morgan fingerprint density at radius 1 is 1.03 bits per heavy atom. The number of halogens is 1. The van der Waals surface area contributed by atoms with E-state index >= 15 is 0 Å². The molecule has 0 saturated carbocycles. The summed E-state index contributed by atoms with van der Waals surface area (Å²) in [4.78, 5) is 22.6. The first-order chi connectivity index (χ1) is 16.1. The second-order valence-electron chi connectivity index (χ2n) is 7.19. The van der Waals surface area contributed by atoms with Crippen molar-refractivity contribution in [2.45, 2.75) is 0 Å². The van der Waals surface area contributed by atoms with Crippen molar-refractivity contribution < 1.29 is 9.53 Å². The Labute approximate surface area is 197 Å². The van der Waals surface area contributed by atoms with Crippen LogP contribution in [0.4, 0.5) is 5.82 Å². The fraction of sp³-hybridized carbons (Fsp3) is 0.0400. The summed E-state index contributed by atoms with van der Waals surface area (Å²) in [6, 6.07) is 24.0. The van der Waals surface area contributed by atoms with E-state index in [1.54, 1.807) is 29.9 Å². The van der Waals surface area contributed by atoms with Gasteiger partial charge < -0.3 is 10.1 Å². The first-order valence-corrected chi connectivity index (χ1v) is 10.8. The van der Waals surface area contributed by atoms with Crippen LogP contribution in [0.15, 0.2) is 77.3 Å². The van der Waals surface area contributed by atoms with E-state index < -0.39 is 0 Å². The molecular weight excluding hydrogens is 482 g/mol. The number of fused-ring (bicyclic) bond motifs is 2. The minimum absolute atomic E-state index is 0.220. The Morgan fingerprint density at radius 2 is 1.76 bits per heavy atom. The standard InChI is InChI=1S/C25H16BrN5O2/c1-33-21-12-5-4-11-20(21)31-23(30-25(32)15-7-6-8-16(26)13-15)17(14-27)22-24(31)29-19-10-3-2-9-18(19)28-22/h2-13H,1H3,(H,30,32). The maximum atomic E-state index is 13.2. The minimum Gasteiger partial charge on any atom is -0.495 e. The van der Waals surface area contributed by atoms with Gasteiger partial charge in [-0.1, -0.05) is 46.3 Å². The number of hydrogen-bond donors (Lipinski definition) is 1. The molecule has 3 aromatic carbocycles. The highest BCUT2D eigenvalue weighted by Crippen LogP contribution is 2.36. The number of nitrogens with one attached hydrogen (secondary N) is 1. The number of aromatic nitrogens is 3. The molecule has 5 rings (SSSR count). The van der Waals surface area contributed by atoms with Crippen molar-refractivity contribution in [1.29, 1.82) is 5.26 Å². The second kappa shape index (κ2) is 8.37. The Kier molecular flexibility index (Phi) is 5.24. The number of nitrogens with zero attached hydrogens (tertiary/aromatic N) is 4. The molecule has 2 heterocycles. The van der Waals surface area contributed by atoms with Crippen LogP contribution in [0.25, 0.3) is 27.9 Å². The van der Waals surface area contributed by atoms with Gasteiger partial charge in [0.1, 0.15) is 28.7 Å². The number of carbonyl (C=O) groups excluding carboxylic acids is 1. The number of para-hydroxylation sites is 4. The van der Waals surface area contributed by atoms with Crippen LogP contribution >= 0.6 is 15.9 Å². The third kappa shape index (κ3) is 3.58. The van der Waals surface area contributed by atoms with Gasteiger partial charge in [-0.15, -0.1) is 0 Å². The molecule has 1 N–H and O–H groups in total. The highest BCUT2D eigenvalue weighted by atomic mass is 79.9. The molecule has 0 atom stereocenters. The molecule has 0 bridgehead atoms. The number of benzene rings is 3.